The van der Waals surface area contributed by atoms with E-state index in [9.17, 15) is 13.2 Å². The van der Waals surface area contributed by atoms with Gasteiger partial charge in [-0.15, -0.1) is 0 Å². The first-order valence-electron chi connectivity index (χ1n) is 11.9. The SMILES string of the molecule is CC1CN(S(=O)(=O)c2ccc(C(=O)N3CCC(Oc4nc5ccccc5s4)CC3)cc2)CC(C)O1. The molecule has 2 aliphatic heterocycles. The van der Waals surface area contributed by atoms with Crippen LogP contribution in [0.15, 0.2) is 53.4 Å². The number of ether oxygens (including phenoxy) is 2. The largest absolute Gasteiger partial charge is 0.467 e. The van der Waals surface area contributed by atoms with Crippen LogP contribution in [0.5, 0.6) is 5.19 Å². The monoisotopic (exact) mass is 515 g/mol. The fourth-order valence-electron chi connectivity index (χ4n) is 4.65. The topological polar surface area (TPSA) is 89.0 Å². The normalized spacial score (nSPS) is 22.4. The van der Waals surface area contributed by atoms with Crippen LogP contribution in [-0.4, -0.2) is 73.0 Å². The number of nitrogens with zero attached hydrogens (tertiary/aromatic N) is 3. The van der Waals surface area contributed by atoms with Gasteiger partial charge in [0.2, 0.25) is 10.0 Å². The Morgan fingerprint density at radius 1 is 1.03 bits per heavy atom. The van der Waals surface area contributed by atoms with Crippen molar-refractivity contribution in [2.24, 2.45) is 0 Å². The molecule has 2 saturated heterocycles. The highest BCUT2D eigenvalue weighted by molar-refractivity contribution is 7.89. The third-order valence-electron chi connectivity index (χ3n) is 6.40. The van der Waals surface area contributed by atoms with E-state index in [1.54, 1.807) is 17.0 Å². The second-order valence-electron chi connectivity index (χ2n) is 9.16. The van der Waals surface area contributed by atoms with Crippen molar-refractivity contribution in [2.45, 2.75) is 49.9 Å². The Hall–Kier alpha value is -2.53. The number of benzene rings is 2. The number of amides is 1. The van der Waals surface area contributed by atoms with E-state index in [1.807, 2.05) is 38.1 Å². The Morgan fingerprint density at radius 3 is 2.34 bits per heavy atom. The van der Waals surface area contributed by atoms with Crippen LogP contribution in [0, 0.1) is 0 Å². The number of likely N-dealkylation sites (tertiary alicyclic amines) is 1. The Bertz CT molecular complexity index is 1260. The van der Waals surface area contributed by atoms with Crippen LogP contribution in [0.25, 0.3) is 10.2 Å². The quantitative estimate of drug-likeness (QED) is 0.514. The van der Waals surface area contributed by atoms with Gasteiger partial charge in [-0.05, 0) is 50.2 Å². The molecule has 2 atom stereocenters. The van der Waals surface area contributed by atoms with E-state index in [0.29, 0.717) is 36.9 Å². The smallest absolute Gasteiger partial charge is 0.274 e. The van der Waals surface area contributed by atoms with Gasteiger partial charge in [0.1, 0.15) is 6.10 Å². The minimum absolute atomic E-state index is 0.0189. The summed E-state index contributed by atoms with van der Waals surface area (Å²) in [5.41, 5.74) is 1.42. The van der Waals surface area contributed by atoms with Crippen molar-refractivity contribution in [1.29, 1.82) is 0 Å². The Kier molecular flexibility index (Phi) is 6.80. The van der Waals surface area contributed by atoms with Crippen LogP contribution in [0.4, 0.5) is 0 Å². The molecule has 35 heavy (non-hydrogen) atoms. The predicted octanol–water partition coefficient (Wildman–Crippen LogP) is 3.78. The number of carbonyl (C=O) groups is 1. The summed E-state index contributed by atoms with van der Waals surface area (Å²) in [6, 6.07) is 14.2. The number of fused-ring (bicyclic) bond motifs is 1. The summed E-state index contributed by atoms with van der Waals surface area (Å²) in [6.45, 7) is 5.54. The van der Waals surface area contributed by atoms with E-state index in [0.717, 1.165) is 23.1 Å². The van der Waals surface area contributed by atoms with Crippen LogP contribution in [0.1, 0.15) is 37.0 Å². The number of morpholine rings is 1. The van der Waals surface area contributed by atoms with Crippen LogP contribution < -0.4 is 4.74 Å². The molecule has 0 bridgehead atoms. The lowest BCUT2D eigenvalue weighted by molar-refractivity contribution is -0.0440. The third-order valence-corrected chi connectivity index (χ3v) is 9.17. The van der Waals surface area contributed by atoms with E-state index in [2.05, 4.69) is 4.98 Å². The maximum atomic E-state index is 13.1. The second kappa shape index (κ2) is 9.85. The number of thiazole rings is 1. The molecule has 186 valence electrons. The van der Waals surface area contributed by atoms with Crippen molar-refractivity contribution in [3.8, 4) is 5.19 Å². The van der Waals surface area contributed by atoms with Crippen molar-refractivity contribution < 1.29 is 22.7 Å². The van der Waals surface area contributed by atoms with Crippen LogP contribution in [0.2, 0.25) is 0 Å². The highest BCUT2D eigenvalue weighted by Crippen LogP contribution is 2.30. The van der Waals surface area contributed by atoms with Crippen molar-refractivity contribution in [1.82, 2.24) is 14.2 Å². The average molecular weight is 516 g/mol. The number of sulfonamides is 1. The molecule has 0 aliphatic carbocycles. The molecule has 8 nitrogen and oxygen atoms in total. The van der Waals surface area contributed by atoms with E-state index >= 15 is 0 Å². The van der Waals surface area contributed by atoms with E-state index < -0.39 is 10.0 Å². The van der Waals surface area contributed by atoms with Gasteiger partial charge in [-0.1, -0.05) is 23.5 Å². The minimum atomic E-state index is -3.64. The molecule has 2 aliphatic rings. The maximum Gasteiger partial charge on any atom is 0.274 e. The van der Waals surface area contributed by atoms with E-state index in [4.69, 9.17) is 9.47 Å². The number of para-hydroxylation sites is 1. The highest BCUT2D eigenvalue weighted by atomic mass is 32.2. The number of aromatic nitrogens is 1. The van der Waals surface area contributed by atoms with Gasteiger partial charge in [0.05, 0.1) is 27.3 Å². The summed E-state index contributed by atoms with van der Waals surface area (Å²) in [6.07, 6.45) is 1.15. The standard InChI is InChI=1S/C25H29N3O5S2/c1-17-15-28(16-18(2)32-17)35(30,31)21-9-7-19(8-10-21)24(29)27-13-11-20(12-14-27)33-25-26-22-5-3-4-6-23(22)34-25/h3-10,17-18,20H,11-16H2,1-2H3. The molecule has 2 fully saturated rings. The molecule has 3 heterocycles. The predicted molar refractivity (Wildman–Crippen MR) is 134 cm³/mol. The number of rotatable bonds is 5. The number of piperidine rings is 1. The zero-order valence-electron chi connectivity index (χ0n) is 19.8. The zero-order chi connectivity index (χ0) is 24.6. The summed E-state index contributed by atoms with van der Waals surface area (Å²) in [7, 11) is -3.64. The first-order valence-corrected chi connectivity index (χ1v) is 14.1. The Labute approximate surface area is 209 Å². The van der Waals surface area contributed by atoms with Crippen LogP contribution >= 0.6 is 11.3 Å². The Morgan fingerprint density at radius 2 is 1.69 bits per heavy atom. The third kappa shape index (κ3) is 5.20. The molecule has 1 aromatic heterocycles. The summed E-state index contributed by atoms with van der Waals surface area (Å²) < 4.78 is 40.4. The zero-order valence-corrected chi connectivity index (χ0v) is 21.4. The maximum absolute atomic E-state index is 13.1. The molecule has 0 N–H and O–H groups in total. The van der Waals surface area contributed by atoms with Crippen molar-refractivity contribution in [3.05, 3.63) is 54.1 Å². The van der Waals surface area contributed by atoms with Gasteiger partial charge in [0, 0.05) is 44.6 Å². The molecule has 2 unspecified atom stereocenters. The molecule has 2 aromatic carbocycles. The van der Waals surface area contributed by atoms with Crippen molar-refractivity contribution >= 4 is 37.5 Å². The average Bonchev–Trinajstić information content (AvgIpc) is 3.26. The molecule has 0 radical (unpaired) electrons. The molecule has 10 heteroatoms. The fraction of sp³-hybridized carbons (Fsp3) is 0.440. The van der Waals surface area contributed by atoms with E-state index in [-0.39, 0.29) is 29.1 Å². The highest BCUT2D eigenvalue weighted by Gasteiger charge is 2.32. The summed E-state index contributed by atoms with van der Waals surface area (Å²) in [5.74, 6) is -0.0963. The molecule has 0 spiro atoms. The number of carbonyl (C=O) groups excluding carboxylic acids is 1. The van der Waals surface area contributed by atoms with Crippen LogP contribution in [-0.2, 0) is 14.8 Å². The van der Waals surface area contributed by atoms with Gasteiger partial charge in [-0.2, -0.15) is 4.31 Å². The van der Waals surface area contributed by atoms with Gasteiger partial charge in [0.25, 0.3) is 11.1 Å². The van der Waals surface area contributed by atoms with Gasteiger partial charge >= 0.3 is 0 Å². The molecule has 1 amide bonds. The summed E-state index contributed by atoms with van der Waals surface area (Å²) in [5, 5.41) is 0.664. The molecular weight excluding hydrogens is 486 g/mol. The molecule has 3 aromatic rings. The summed E-state index contributed by atoms with van der Waals surface area (Å²) in [4.78, 5) is 19.6. The fourth-order valence-corrected chi connectivity index (χ4v) is 7.12. The lowest BCUT2D eigenvalue weighted by Crippen LogP contribution is -2.48. The lowest BCUT2D eigenvalue weighted by atomic mass is 10.1. The van der Waals surface area contributed by atoms with Crippen LogP contribution in [0.3, 0.4) is 0 Å². The van der Waals surface area contributed by atoms with Gasteiger partial charge in [-0.25, -0.2) is 13.4 Å². The van der Waals surface area contributed by atoms with Gasteiger partial charge < -0.3 is 14.4 Å². The second-order valence-corrected chi connectivity index (χ2v) is 12.1. The molecule has 0 saturated carbocycles. The van der Waals surface area contributed by atoms with Gasteiger partial charge in [-0.3, -0.25) is 4.79 Å². The van der Waals surface area contributed by atoms with Gasteiger partial charge in [0.15, 0.2) is 0 Å². The van der Waals surface area contributed by atoms with Crippen molar-refractivity contribution in [2.75, 3.05) is 26.2 Å². The Balaban J connectivity index is 1.19. The summed E-state index contributed by atoms with van der Waals surface area (Å²) >= 11 is 1.54. The molecule has 5 rings (SSSR count). The number of hydrogen-bond donors (Lipinski definition) is 0. The lowest BCUT2D eigenvalue weighted by Gasteiger charge is -2.34. The van der Waals surface area contributed by atoms with E-state index in [1.165, 1.54) is 27.8 Å². The first-order chi connectivity index (χ1) is 16.8. The number of hydrogen-bond acceptors (Lipinski definition) is 7. The molecular formula is C25H29N3O5S2. The minimum Gasteiger partial charge on any atom is -0.467 e. The first kappa shape index (κ1) is 24.2. The van der Waals surface area contributed by atoms with Crippen molar-refractivity contribution in [3.63, 3.8) is 0 Å².